The van der Waals surface area contributed by atoms with Crippen LogP contribution in [0.25, 0.3) is 0 Å². The molecule has 158 valence electrons. The summed E-state index contributed by atoms with van der Waals surface area (Å²) >= 11 is 0. The van der Waals surface area contributed by atoms with Crippen molar-refractivity contribution in [3.8, 4) is 0 Å². The van der Waals surface area contributed by atoms with Crippen LogP contribution < -0.4 is 5.32 Å². The second kappa shape index (κ2) is 9.89. The highest BCUT2D eigenvalue weighted by atomic mass is 16.3. The van der Waals surface area contributed by atoms with Gasteiger partial charge in [-0.1, -0.05) is 84.7 Å². The van der Waals surface area contributed by atoms with Gasteiger partial charge in [0.15, 0.2) is 0 Å². The summed E-state index contributed by atoms with van der Waals surface area (Å²) in [6.45, 7) is 13.7. The summed E-state index contributed by atoms with van der Waals surface area (Å²) in [5.41, 5.74) is 1.09. The third-order valence-electron chi connectivity index (χ3n) is 6.03. The normalized spacial score (nSPS) is 22.7. The molecule has 0 radical (unpaired) electrons. The van der Waals surface area contributed by atoms with Gasteiger partial charge in [0.05, 0.1) is 12.3 Å². The third-order valence-corrected chi connectivity index (χ3v) is 6.03. The van der Waals surface area contributed by atoms with E-state index >= 15 is 0 Å². The zero-order valence-corrected chi connectivity index (χ0v) is 18.6. The molecule has 1 saturated heterocycles. The molecular formula is C24H40N2O2. The molecule has 1 heterocycles. The van der Waals surface area contributed by atoms with Crippen LogP contribution in [0.2, 0.25) is 0 Å². The quantitative estimate of drug-likeness (QED) is 0.623. The van der Waals surface area contributed by atoms with Crippen molar-refractivity contribution in [1.82, 2.24) is 10.2 Å². The number of carbonyl (C=O) groups is 1. The maximum Gasteiger partial charge on any atom is 0.243 e. The Kier molecular flexibility index (Phi) is 8.08. The standard InChI is InChI=1S/C24H40N2O2/c1-7-8-12-15-26-22(17(2)3)25-20(23(26)28)21(27)19(24(4,5)6)16-18-13-10-9-11-14-18/h9-11,13-14,17,19-22,25,27H,7-8,12,15-16H2,1-6H3/t19?,20-,21+,22?/m0/s1. The van der Waals surface area contributed by atoms with Gasteiger partial charge in [-0.05, 0) is 35.7 Å². The van der Waals surface area contributed by atoms with Gasteiger partial charge in [0.2, 0.25) is 5.91 Å². The van der Waals surface area contributed by atoms with Crippen LogP contribution in [0, 0.1) is 17.3 Å². The highest BCUT2D eigenvalue weighted by molar-refractivity contribution is 5.85. The fourth-order valence-corrected chi connectivity index (χ4v) is 4.28. The molecule has 4 atom stereocenters. The minimum atomic E-state index is -0.717. The summed E-state index contributed by atoms with van der Waals surface area (Å²) in [7, 11) is 0. The molecule has 1 aliphatic heterocycles. The first kappa shape index (κ1) is 22.9. The molecule has 28 heavy (non-hydrogen) atoms. The van der Waals surface area contributed by atoms with Crippen LogP contribution in [0.15, 0.2) is 30.3 Å². The number of nitrogens with one attached hydrogen (secondary N) is 1. The summed E-state index contributed by atoms with van der Waals surface area (Å²) in [6, 6.07) is 9.75. The van der Waals surface area contributed by atoms with E-state index in [9.17, 15) is 9.90 Å². The molecule has 1 aromatic rings. The molecule has 1 fully saturated rings. The average molecular weight is 389 g/mol. The number of benzene rings is 1. The largest absolute Gasteiger partial charge is 0.391 e. The molecule has 0 saturated carbocycles. The summed E-state index contributed by atoms with van der Waals surface area (Å²) in [4.78, 5) is 15.2. The summed E-state index contributed by atoms with van der Waals surface area (Å²) in [5.74, 6) is 0.356. The van der Waals surface area contributed by atoms with Gasteiger partial charge >= 0.3 is 0 Å². The number of carbonyl (C=O) groups excluding carboxylic acids is 1. The fraction of sp³-hybridized carbons (Fsp3) is 0.708. The van der Waals surface area contributed by atoms with Crippen LogP contribution in [0.5, 0.6) is 0 Å². The molecule has 0 spiro atoms. The first-order valence-electron chi connectivity index (χ1n) is 10.9. The Balaban J connectivity index is 2.20. The van der Waals surface area contributed by atoms with E-state index in [1.807, 2.05) is 23.1 Å². The molecule has 1 aliphatic rings. The van der Waals surface area contributed by atoms with E-state index in [1.165, 1.54) is 5.56 Å². The molecule has 2 rings (SSSR count). The predicted molar refractivity (Wildman–Crippen MR) is 116 cm³/mol. The van der Waals surface area contributed by atoms with Gasteiger partial charge in [0.1, 0.15) is 6.04 Å². The van der Waals surface area contributed by atoms with E-state index in [2.05, 4.69) is 59.0 Å². The number of hydrogen-bond acceptors (Lipinski definition) is 3. The lowest BCUT2D eigenvalue weighted by atomic mass is 9.72. The number of aliphatic hydroxyl groups is 1. The zero-order chi connectivity index (χ0) is 20.9. The van der Waals surface area contributed by atoms with Crippen molar-refractivity contribution in [3.05, 3.63) is 35.9 Å². The van der Waals surface area contributed by atoms with Crippen LogP contribution in [0.4, 0.5) is 0 Å². The van der Waals surface area contributed by atoms with Gasteiger partial charge in [-0.2, -0.15) is 0 Å². The first-order chi connectivity index (χ1) is 13.2. The van der Waals surface area contributed by atoms with Crippen LogP contribution in [0.3, 0.4) is 0 Å². The number of unbranched alkanes of at least 4 members (excludes halogenated alkanes) is 2. The number of nitrogens with zero attached hydrogens (tertiary/aromatic N) is 1. The van der Waals surface area contributed by atoms with E-state index in [1.54, 1.807) is 0 Å². The minimum Gasteiger partial charge on any atom is -0.391 e. The zero-order valence-electron chi connectivity index (χ0n) is 18.6. The lowest BCUT2D eigenvalue weighted by Crippen LogP contribution is -2.50. The van der Waals surface area contributed by atoms with Gasteiger partial charge in [0.25, 0.3) is 0 Å². The van der Waals surface area contributed by atoms with Crippen LogP contribution >= 0.6 is 0 Å². The molecule has 0 aliphatic carbocycles. The Morgan fingerprint density at radius 3 is 2.32 bits per heavy atom. The van der Waals surface area contributed by atoms with E-state index in [0.29, 0.717) is 5.92 Å². The Labute approximate surface area is 171 Å². The Morgan fingerprint density at radius 2 is 1.79 bits per heavy atom. The van der Waals surface area contributed by atoms with Crippen LogP contribution in [0.1, 0.15) is 66.4 Å². The molecule has 4 nitrogen and oxygen atoms in total. The average Bonchev–Trinajstić information content (AvgIpc) is 2.96. The summed E-state index contributed by atoms with van der Waals surface area (Å²) in [5, 5.41) is 14.8. The van der Waals surface area contributed by atoms with Crippen molar-refractivity contribution >= 4 is 5.91 Å². The van der Waals surface area contributed by atoms with Gasteiger partial charge < -0.3 is 10.0 Å². The summed E-state index contributed by atoms with van der Waals surface area (Å²) in [6.07, 6.45) is 3.32. The smallest absolute Gasteiger partial charge is 0.243 e. The van der Waals surface area contributed by atoms with Gasteiger partial charge in [-0.3, -0.25) is 10.1 Å². The molecule has 4 heteroatoms. The fourth-order valence-electron chi connectivity index (χ4n) is 4.28. The lowest BCUT2D eigenvalue weighted by molar-refractivity contribution is -0.133. The molecule has 1 amide bonds. The van der Waals surface area contributed by atoms with Crippen molar-refractivity contribution in [2.75, 3.05) is 6.54 Å². The number of hydrogen-bond donors (Lipinski definition) is 2. The number of aliphatic hydroxyl groups excluding tert-OH is 1. The van der Waals surface area contributed by atoms with Crippen molar-refractivity contribution in [2.24, 2.45) is 17.3 Å². The minimum absolute atomic E-state index is 0.00125. The second-order valence-electron chi connectivity index (χ2n) is 9.72. The number of rotatable bonds is 9. The SMILES string of the molecule is CCCCCN1C(=O)[C@H]([C@H](O)C(Cc2ccccc2)C(C)(C)C)NC1C(C)C. The van der Waals surface area contributed by atoms with Crippen molar-refractivity contribution in [1.29, 1.82) is 0 Å². The highest BCUT2D eigenvalue weighted by Gasteiger charge is 2.47. The van der Waals surface area contributed by atoms with E-state index in [-0.39, 0.29) is 23.4 Å². The topological polar surface area (TPSA) is 52.6 Å². The Hall–Kier alpha value is -1.39. The molecule has 2 N–H and O–H groups in total. The first-order valence-corrected chi connectivity index (χ1v) is 10.9. The maximum atomic E-state index is 13.2. The molecular weight excluding hydrogens is 348 g/mol. The van der Waals surface area contributed by atoms with E-state index in [4.69, 9.17) is 0 Å². The van der Waals surface area contributed by atoms with Gasteiger partial charge in [-0.15, -0.1) is 0 Å². The molecule has 1 aromatic carbocycles. The molecule has 0 bridgehead atoms. The molecule has 0 aromatic heterocycles. The van der Waals surface area contributed by atoms with Gasteiger partial charge in [-0.25, -0.2) is 0 Å². The maximum absolute atomic E-state index is 13.2. The van der Waals surface area contributed by atoms with Gasteiger partial charge in [0, 0.05) is 6.54 Å². The third kappa shape index (κ3) is 5.57. The summed E-state index contributed by atoms with van der Waals surface area (Å²) < 4.78 is 0. The van der Waals surface area contributed by atoms with Crippen molar-refractivity contribution in [3.63, 3.8) is 0 Å². The van der Waals surface area contributed by atoms with Crippen LogP contribution in [-0.2, 0) is 11.2 Å². The molecule has 2 unspecified atom stereocenters. The predicted octanol–water partition coefficient (Wildman–Crippen LogP) is 4.23. The number of amides is 1. The van der Waals surface area contributed by atoms with Crippen LogP contribution in [-0.4, -0.2) is 40.8 Å². The van der Waals surface area contributed by atoms with E-state index in [0.717, 1.165) is 32.2 Å². The second-order valence-corrected chi connectivity index (χ2v) is 9.72. The highest BCUT2D eigenvalue weighted by Crippen LogP contribution is 2.35. The Bertz CT molecular complexity index is 609. The monoisotopic (exact) mass is 388 g/mol. The van der Waals surface area contributed by atoms with Crippen molar-refractivity contribution < 1.29 is 9.90 Å². The lowest BCUT2D eigenvalue weighted by Gasteiger charge is -2.37. The Morgan fingerprint density at radius 1 is 1.14 bits per heavy atom. The van der Waals surface area contributed by atoms with E-state index < -0.39 is 12.1 Å². The van der Waals surface area contributed by atoms with Crippen molar-refractivity contribution in [2.45, 2.75) is 85.5 Å².